The first-order valence-corrected chi connectivity index (χ1v) is 7.30. The molecule has 0 aromatic carbocycles. The van der Waals surface area contributed by atoms with Crippen molar-refractivity contribution in [3.63, 3.8) is 0 Å². The summed E-state index contributed by atoms with van der Waals surface area (Å²) in [5, 5.41) is 7.51. The van der Waals surface area contributed by atoms with E-state index in [4.69, 9.17) is 0 Å². The quantitative estimate of drug-likeness (QED) is 0.872. The first-order valence-electron chi connectivity index (χ1n) is 6.51. The number of rotatable bonds is 6. The molecule has 0 bridgehead atoms. The molecule has 0 aliphatic heterocycles. The Bertz CT molecular complexity index is 442. The van der Waals surface area contributed by atoms with Crippen LogP contribution in [0.3, 0.4) is 0 Å². The summed E-state index contributed by atoms with van der Waals surface area (Å²) < 4.78 is 2.04. The summed E-state index contributed by atoms with van der Waals surface area (Å²) in [6.07, 6.45) is 5.17. The molecule has 1 atom stereocenters. The minimum atomic E-state index is -0.0855. The lowest BCUT2D eigenvalue weighted by Gasteiger charge is -2.17. The zero-order valence-electron chi connectivity index (χ0n) is 11.5. The number of aromatic nitrogens is 2. The minimum Gasteiger partial charge on any atom is -0.380 e. The van der Waals surface area contributed by atoms with Crippen molar-refractivity contribution in [3.8, 4) is 0 Å². The molecule has 1 aromatic heterocycles. The molecule has 1 aromatic rings. The van der Waals surface area contributed by atoms with E-state index in [1.54, 1.807) is 6.20 Å². The molecule has 1 unspecified atom stereocenters. The lowest BCUT2D eigenvalue weighted by molar-refractivity contribution is 0.500. The number of nitrogens with one attached hydrogen (secondary N) is 1. The van der Waals surface area contributed by atoms with Gasteiger partial charge in [-0.05, 0) is 43.1 Å². The molecule has 1 heterocycles. The second-order valence-corrected chi connectivity index (χ2v) is 5.70. The monoisotopic (exact) mass is 315 g/mol. The van der Waals surface area contributed by atoms with Gasteiger partial charge in [0.1, 0.15) is 4.47 Å². The van der Waals surface area contributed by atoms with Gasteiger partial charge in [0.25, 0.3) is 5.56 Å². The molecule has 0 amide bonds. The van der Waals surface area contributed by atoms with Crippen LogP contribution in [-0.2, 0) is 0 Å². The zero-order valence-corrected chi connectivity index (χ0v) is 13.1. The summed E-state index contributed by atoms with van der Waals surface area (Å²) in [4.78, 5) is 12.0. The van der Waals surface area contributed by atoms with Gasteiger partial charge in [-0.1, -0.05) is 19.8 Å². The molecule has 18 heavy (non-hydrogen) atoms. The Morgan fingerprint density at radius 3 is 2.67 bits per heavy atom. The molecular weight excluding hydrogens is 294 g/mol. The highest BCUT2D eigenvalue weighted by Gasteiger charge is 2.12. The summed E-state index contributed by atoms with van der Waals surface area (Å²) in [6, 6.07) is 0.415. The van der Waals surface area contributed by atoms with Gasteiger partial charge in [-0.15, -0.1) is 0 Å². The molecule has 5 heteroatoms. The second kappa shape index (κ2) is 6.92. The molecule has 0 aliphatic carbocycles. The average molecular weight is 316 g/mol. The van der Waals surface area contributed by atoms with Gasteiger partial charge >= 0.3 is 0 Å². The number of hydrogen-bond donors (Lipinski definition) is 1. The fraction of sp³-hybridized carbons (Fsp3) is 0.692. The fourth-order valence-electron chi connectivity index (χ4n) is 1.76. The maximum absolute atomic E-state index is 12.0. The molecule has 0 saturated heterocycles. The highest BCUT2D eigenvalue weighted by atomic mass is 79.9. The first-order chi connectivity index (χ1) is 8.47. The Morgan fingerprint density at radius 2 is 2.11 bits per heavy atom. The van der Waals surface area contributed by atoms with Crippen LogP contribution in [-0.4, -0.2) is 15.8 Å². The zero-order chi connectivity index (χ0) is 13.7. The largest absolute Gasteiger partial charge is 0.380 e. The van der Waals surface area contributed by atoms with Crippen molar-refractivity contribution < 1.29 is 0 Å². The summed E-state index contributed by atoms with van der Waals surface area (Å²) in [5.74, 6) is 0. The Hall–Kier alpha value is -0.840. The topological polar surface area (TPSA) is 46.9 Å². The van der Waals surface area contributed by atoms with Gasteiger partial charge in [-0.25, -0.2) is 4.68 Å². The third kappa shape index (κ3) is 3.83. The van der Waals surface area contributed by atoms with Crippen LogP contribution in [0, 0.1) is 0 Å². The molecule has 1 rings (SSSR count). The Morgan fingerprint density at radius 1 is 1.44 bits per heavy atom. The number of nitrogens with zero attached hydrogens (tertiary/aromatic N) is 2. The van der Waals surface area contributed by atoms with Crippen LogP contribution in [0.15, 0.2) is 15.5 Å². The van der Waals surface area contributed by atoms with Crippen molar-refractivity contribution >= 4 is 21.6 Å². The standard InChI is InChI=1S/C13H22BrN3O/c1-5-6-7-10(4)16-11-8-15-17(9(2)3)13(18)12(11)14/h8-10,16H,5-7H2,1-4H3. The van der Waals surface area contributed by atoms with E-state index in [0.717, 1.165) is 12.1 Å². The summed E-state index contributed by atoms with van der Waals surface area (Å²) >= 11 is 3.36. The number of unbranched alkanes of at least 4 members (excludes halogenated alkanes) is 1. The Kier molecular flexibility index (Phi) is 5.85. The van der Waals surface area contributed by atoms with Gasteiger partial charge in [0.15, 0.2) is 0 Å². The smallest absolute Gasteiger partial charge is 0.283 e. The molecule has 0 radical (unpaired) electrons. The fourth-order valence-corrected chi connectivity index (χ4v) is 2.16. The number of hydrogen-bond acceptors (Lipinski definition) is 3. The maximum Gasteiger partial charge on any atom is 0.283 e. The molecule has 0 aliphatic rings. The minimum absolute atomic E-state index is 0.0698. The molecule has 1 N–H and O–H groups in total. The molecular formula is C13H22BrN3O. The highest BCUT2D eigenvalue weighted by Crippen LogP contribution is 2.19. The Balaban J connectivity index is 2.86. The molecule has 0 spiro atoms. The third-order valence-corrected chi connectivity index (χ3v) is 3.59. The number of halogens is 1. The SMILES string of the molecule is CCCCC(C)Nc1cnn(C(C)C)c(=O)c1Br. The van der Waals surface area contributed by atoms with E-state index < -0.39 is 0 Å². The Labute approximate surface area is 117 Å². The average Bonchev–Trinajstić information content (AvgIpc) is 2.32. The summed E-state index contributed by atoms with van der Waals surface area (Å²) in [6.45, 7) is 8.18. The van der Waals surface area contributed by atoms with Crippen molar-refractivity contribution in [3.05, 3.63) is 21.0 Å². The third-order valence-electron chi connectivity index (χ3n) is 2.83. The van der Waals surface area contributed by atoms with E-state index in [1.807, 2.05) is 13.8 Å². The first kappa shape index (κ1) is 15.2. The van der Waals surface area contributed by atoms with Crippen molar-refractivity contribution in [1.82, 2.24) is 9.78 Å². The summed E-state index contributed by atoms with van der Waals surface area (Å²) in [7, 11) is 0. The van der Waals surface area contributed by atoms with Gasteiger partial charge < -0.3 is 5.32 Å². The van der Waals surface area contributed by atoms with E-state index in [0.29, 0.717) is 10.5 Å². The van der Waals surface area contributed by atoms with Crippen molar-refractivity contribution in [2.45, 2.75) is 59.0 Å². The lowest BCUT2D eigenvalue weighted by Crippen LogP contribution is -2.27. The van der Waals surface area contributed by atoms with E-state index in [9.17, 15) is 4.79 Å². The van der Waals surface area contributed by atoms with Crippen molar-refractivity contribution in [2.24, 2.45) is 0 Å². The van der Waals surface area contributed by atoms with Crippen LogP contribution in [0.2, 0.25) is 0 Å². The molecule has 4 nitrogen and oxygen atoms in total. The molecule has 102 valence electrons. The van der Waals surface area contributed by atoms with Crippen molar-refractivity contribution in [1.29, 1.82) is 0 Å². The number of anilines is 1. The van der Waals surface area contributed by atoms with E-state index >= 15 is 0 Å². The lowest BCUT2D eigenvalue weighted by atomic mass is 10.1. The van der Waals surface area contributed by atoms with Gasteiger partial charge in [0.2, 0.25) is 0 Å². The van der Waals surface area contributed by atoms with E-state index in [2.05, 4.69) is 40.2 Å². The van der Waals surface area contributed by atoms with Crippen LogP contribution in [0.1, 0.15) is 53.0 Å². The normalized spacial score (nSPS) is 12.8. The van der Waals surface area contributed by atoms with Gasteiger partial charge in [0.05, 0.1) is 17.9 Å². The van der Waals surface area contributed by atoms with Crippen molar-refractivity contribution in [2.75, 3.05) is 5.32 Å². The van der Waals surface area contributed by atoms with Crippen LogP contribution in [0.25, 0.3) is 0 Å². The van der Waals surface area contributed by atoms with Gasteiger partial charge in [0, 0.05) is 6.04 Å². The predicted octanol–water partition coefficient (Wildman–Crippen LogP) is 3.58. The van der Waals surface area contributed by atoms with E-state index in [-0.39, 0.29) is 11.6 Å². The highest BCUT2D eigenvalue weighted by molar-refractivity contribution is 9.10. The molecule has 0 saturated carbocycles. The van der Waals surface area contributed by atoms with Crippen LogP contribution < -0.4 is 10.9 Å². The van der Waals surface area contributed by atoms with Crippen LogP contribution >= 0.6 is 15.9 Å². The second-order valence-electron chi connectivity index (χ2n) is 4.90. The van der Waals surface area contributed by atoms with Gasteiger partial charge in [-0.2, -0.15) is 5.10 Å². The van der Waals surface area contributed by atoms with Crippen LogP contribution in [0.4, 0.5) is 5.69 Å². The predicted molar refractivity (Wildman–Crippen MR) is 79.2 cm³/mol. The summed E-state index contributed by atoms with van der Waals surface area (Å²) in [5.41, 5.74) is 0.693. The van der Waals surface area contributed by atoms with E-state index in [1.165, 1.54) is 17.5 Å². The molecule has 0 fully saturated rings. The maximum atomic E-state index is 12.0. The van der Waals surface area contributed by atoms with Gasteiger partial charge in [-0.3, -0.25) is 4.79 Å². The van der Waals surface area contributed by atoms with Crippen LogP contribution in [0.5, 0.6) is 0 Å².